The smallest absolute Gasteiger partial charge is 1.00 e. The van der Waals surface area contributed by atoms with Crippen LogP contribution in [0.15, 0.2) is 41.1 Å². The average molecular weight is 420 g/mol. The molecule has 133 valence electrons. The Bertz CT molecular complexity index is 530. The third kappa shape index (κ3) is 4.78. The topological polar surface area (TPSA) is 9.23 Å². The van der Waals surface area contributed by atoms with Crippen LogP contribution in [-0.2, 0) is 26.5 Å². The minimum Gasteiger partial charge on any atom is -1.00 e. The average Bonchev–Trinajstić information content (AvgIpc) is 2.92. The van der Waals surface area contributed by atoms with Crippen molar-refractivity contribution in [1.82, 2.24) is 0 Å². The van der Waals surface area contributed by atoms with Crippen molar-refractivity contribution in [1.29, 1.82) is 0 Å². The van der Waals surface area contributed by atoms with Crippen molar-refractivity contribution in [3.05, 3.63) is 47.2 Å². The molecule has 2 aliphatic carbocycles. The van der Waals surface area contributed by atoms with E-state index >= 15 is 0 Å². The molecule has 1 radical (unpaired) electrons. The molecule has 0 spiro atoms. The molecule has 0 fully saturated rings. The molecule has 0 amide bonds. The van der Waals surface area contributed by atoms with Crippen molar-refractivity contribution in [3.8, 4) is 0 Å². The summed E-state index contributed by atoms with van der Waals surface area (Å²) in [4.78, 5) is 0. The van der Waals surface area contributed by atoms with E-state index in [1.54, 1.807) is 0 Å². The van der Waals surface area contributed by atoms with Crippen LogP contribution in [0.5, 0.6) is 0 Å². The molecule has 0 saturated heterocycles. The Hall–Kier alpha value is 0.431. The predicted molar refractivity (Wildman–Crippen MR) is 93.6 cm³/mol. The largest absolute Gasteiger partial charge is 3.00 e. The third-order valence-corrected chi connectivity index (χ3v) is 9.14. The first kappa shape index (κ1) is 26.7. The number of hydrogen-bond acceptors (Lipinski definition) is 1. The zero-order valence-corrected chi connectivity index (χ0v) is 19.7. The molecule has 0 N–H and O–H groups in total. The Balaban J connectivity index is 0. The summed E-state index contributed by atoms with van der Waals surface area (Å²) in [5.41, 5.74) is 1.57. The Kier molecular flexibility index (Phi) is 11.0. The predicted octanol–water partition coefficient (Wildman–Crippen LogP) is -0.824. The van der Waals surface area contributed by atoms with Crippen LogP contribution in [0.25, 0.3) is 0 Å². The van der Waals surface area contributed by atoms with Crippen LogP contribution >= 0.6 is 0 Å². The molecule has 5 heteroatoms. The first-order chi connectivity index (χ1) is 9.75. The Labute approximate surface area is 176 Å². The van der Waals surface area contributed by atoms with Gasteiger partial charge in [-0.05, 0) is 24.3 Å². The molecule has 1 nitrogen and oxygen atoms in total. The second-order valence-corrected chi connectivity index (χ2v) is 12.1. The summed E-state index contributed by atoms with van der Waals surface area (Å²) in [6.07, 6.45) is 16.8. The van der Waals surface area contributed by atoms with Gasteiger partial charge in [-0.3, -0.25) is 6.08 Å². The van der Waals surface area contributed by atoms with Crippen LogP contribution in [-0.4, -0.2) is 19.9 Å². The molecule has 0 saturated carbocycles. The van der Waals surface area contributed by atoms with E-state index < -0.39 is 8.07 Å². The third-order valence-electron chi connectivity index (χ3n) is 4.82. The summed E-state index contributed by atoms with van der Waals surface area (Å²) in [7, 11) is -1.84. The van der Waals surface area contributed by atoms with Gasteiger partial charge in [0, 0.05) is 6.61 Å². The Morgan fingerprint density at radius 1 is 1.21 bits per heavy atom. The van der Waals surface area contributed by atoms with E-state index in [1.807, 2.05) is 0 Å². The normalized spacial score (nSPS) is 22.8. The van der Waals surface area contributed by atoms with Crippen LogP contribution in [0.1, 0.15) is 40.5 Å². The fourth-order valence-corrected chi connectivity index (χ4v) is 7.48. The molecule has 0 heterocycles. The molecule has 0 aliphatic heterocycles. The molecule has 24 heavy (non-hydrogen) atoms. The van der Waals surface area contributed by atoms with Gasteiger partial charge in [-0.15, -0.1) is 6.42 Å². The summed E-state index contributed by atoms with van der Waals surface area (Å²) >= 11 is 0. The van der Waals surface area contributed by atoms with Gasteiger partial charge in [-0.25, -0.2) is 11.3 Å². The minimum absolute atomic E-state index is 0. The summed E-state index contributed by atoms with van der Waals surface area (Å²) in [5.74, 6) is 0. The van der Waals surface area contributed by atoms with Gasteiger partial charge in [0.2, 0.25) is 0 Å². The number of ether oxygens (including phenoxy) is 1. The standard InChI is InChI=1S/C19H29OSi.2ClH.Ti/c1-7-20-19(21(5,6)16-12-8-9-13-16)15-11-10-14-17(19)18(2,3)4;;;/h8,10-12,14H,7,9,15H2,1-6H3;2*1H;/q-1;;;+3/p-2. The van der Waals surface area contributed by atoms with Gasteiger partial charge < -0.3 is 29.6 Å². The van der Waals surface area contributed by atoms with Gasteiger partial charge in [0.1, 0.15) is 0 Å². The van der Waals surface area contributed by atoms with E-state index in [9.17, 15) is 0 Å². The summed E-state index contributed by atoms with van der Waals surface area (Å²) in [6.45, 7) is 14.7. The van der Waals surface area contributed by atoms with E-state index in [2.05, 4.69) is 77.2 Å². The first-order valence-corrected chi connectivity index (χ1v) is 11.1. The number of rotatable bonds is 4. The van der Waals surface area contributed by atoms with E-state index in [0.29, 0.717) is 0 Å². The molecule has 1 atom stereocenters. The van der Waals surface area contributed by atoms with Crippen molar-refractivity contribution >= 4 is 8.07 Å². The van der Waals surface area contributed by atoms with Crippen LogP contribution in [0.4, 0.5) is 0 Å². The maximum absolute atomic E-state index is 6.53. The summed E-state index contributed by atoms with van der Waals surface area (Å²) in [6, 6.07) is 0. The van der Waals surface area contributed by atoms with Crippen LogP contribution in [0.3, 0.4) is 0 Å². The molecule has 0 aromatic carbocycles. The van der Waals surface area contributed by atoms with Gasteiger partial charge in [0.25, 0.3) is 0 Å². The Morgan fingerprint density at radius 3 is 2.29 bits per heavy atom. The summed E-state index contributed by atoms with van der Waals surface area (Å²) in [5, 5.41) is 1.27. The number of halogens is 2. The van der Waals surface area contributed by atoms with Crippen molar-refractivity contribution < 1.29 is 51.3 Å². The number of allylic oxidation sites excluding steroid dienone is 6. The zero-order valence-electron chi connectivity index (χ0n) is 15.7. The van der Waals surface area contributed by atoms with Gasteiger partial charge >= 0.3 is 21.7 Å². The molecule has 1 unspecified atom stereocenters. The van der Waals surface area contributed by atoms with Crippen LogP contribution < -0.4 is 24.8 Å². The van der Waals surface area contributed by atoms with Gasteiger partial charge in [0.05, 0.1) is 13.3 Å². The maximum Gasteiger partial charge on any atom is 3.00 e. The number of hydrogen-bond donors (Lipinski definition) is 0. The maximum atomic E-state index is 6.53. The minimum atomic E-state index is -1.84. The molecule has 0 aromatic rings. The van der Waals surface area contributed by atoms with Gasteiger partial charge in [0.15, 0.2) is 0 Å². The second-order valence-electron chi connectivity index (χ2n) is 7.54. The SMILES string of the molecule is CCOC1([Si](C)(C)C2=[C-]CC=C2)CC=CC=C1C(C)(C)C.[Cl-].[Cl-].[Ti+3]. The van der Waals surface area contributed by atoms with Crippen LogP contribution in [0.2, 0.25) is 13.1 Å². The fraction of sp³-hybridized carbons (Fsp3) is 0.579. The van der Waals surface area contributed by atoms with E-state index in [1.165, 1.54) is 10.8 Å². The van der Waals surface area contributed by atoms with E-state index in [-0.39, 0.29) is 57.2 Å². The molecule has 0 bridgehead atoms. The molecular formula is C19H29Cl2OSiTi. The molecule has 2 rings (SSSR count). The van der Waals surface area contributed by atoms with Crippen molar-refractivity contribution in [2.24, 2.45) is 5.41 Å². The quantitative estimate of drug-likeness (QED) is 0.427. The summed E-state index contributed by atoms with van der Waals surface area (Å²) < 4.78 is 6.53. The molecular weight excluding hydrogens is 391 g/mol. The Morgan fingerprint density at radius 2 is 1.83 bits per heavy atom. The van der Waals surface area contributed by atoms with Crippen molar-refractivity contribution in [3.63, 3.8) is 0 Å². The van der Waals surface area contributed by atoms with Gasteiger partial charge in [-0.2, -0.15) is 6.08 Å². The van der Waals surface area contributed by atoms with E-state index in [0.717, 1.165) is 19.4 Å². The monoisotopic (exact) mass is 419 g/mol. The molecule has 0 aromatic heterocycles. The van der Waals surface area contributed by atoms with Crippen molar-refractivity contribution in [2.75, 3.05) is 6.61 Å². The van der Waals surface area contributed by atoms with Crippen LogP contribution in [0, 0.1) is 11.5 Å². The second kappa shape index (κ2) is 9.94. The fourth-order valence-electron chi connectivity index (χ4n) is 3.71. The molecule has 2 aliphatic rings. The zero-order chi connectivity index (χ0) is 15.7. The van der Waals surface area contributed by atoms with Crippen molar-refractivity contribution in [2.45, 2.75) is 58.9 Å². The van der Waals surface area contributed by atoms with E-state index in [4.69, 9.17) is 4.74 Å². The van der Waals surface area contributed by atoms with Gasteiger partial charge in [-0.1, -0.05) is 52.1 Å². The first-order valence-electron chi connectivity index (χ1n) is 8.05.